The van der Waals surface area contributed by atoms with Crippen molar-refractivity contribution in [3.8, 4) is 11.5 Å². The first-order valence-corrected chi connectivity index (χ1v) is 6.18. The van der Waals surface area contributed by atoms with Crippen LogP contribution in [0.5, 0.6) is 11.5 Å². The van der Waals surface area contributed by atoms with Gasteiger partial charge in [0.15, 0.2) is 0 Å². The molecule has 2 amide bonds. The summed E-state index contributed by atoms with van der Waals surface area (Å²) in [6.45, 7) is 1.77. The Kier molecular flexibility index (Phi) is 3.83. The number of fused-ring (bicyclic) bond motifs is 1. The second-order valence-electron chi connectivity index (χ2n) is 4.49. The third kappa shape index (κ3) is 2.17. The van der Waals surface area contributed by atoms with Gasteiger partial charge in [-0.1, -0.05) is 0 Å². The largest absolute Gasteiger partial charge is 0.497 e. The lowest BCUT2D eigenvalue weighted by molar-refractivity contribution is -0.131. The van der Waals surface area contributed by atoms with E-state index in [9.17, 15) is 9.59 Å². The summed E-state index contributed by atoms with van der Waals surface area (Å²) in [6, 6.07) is 3.08. The SMILES string of the molecule is COC(=O)N1C(=O)Cc2cc(OC)cc(OC)c2[C@H]1C. The summed E-state index contributed by atoms with van der Waals surface area (Å²) in [6.07, 6.45) is -0.548. The minimum absolute atomic E-state index is 0.113. The topological polar surface area (TPSA) is 65.1 Å². The Balaban J connectivity index is 2.54. The van der Waals surface area contributed by atoms with Gasteiger partial charge in [-0.2, -0.15) is 0 Å². The average Bonchev–Trinajstić information content (AvgIpc) is 2.45. The molecule has 0 bridgehead atoms. The molecule has 6 heteroatoms. The van der Waals surface area contributed by atoms with Crippen LogP contribution < -0.4 is 9.47 Å². The van der Waals surface area contributed by atoms with Crippen LogP contribution in [0.2, 0.25) is 0 Å². The van der Waals surface area contributed by atoms with Gasteiger partial charge in [0.2, 0.25) is 5.91 Å². The van der Waals surface area contributed by atoms with Crippen molar-refractivity contribution in [2.45, 2.75) is 19.4 Å². The summed E-state index contributed by atoms with van der Waals surface area (Å²) in [5.74, 6) is 0.910. The van der Waals surface area contributed by atoms with Crippen LogP contribution in [0.15, 0.2) is 12.1 Å². The van der Waals surface area contributed by atoms with E-state index in [1.54, 1.807) is 33.3 Å². The number of carbonyl (C=O) groups excluding carboxylic acids is 2. The molecule has 6 nitrogen and oxygen atoms in total. The molecule has 0 saturated heterocycles. The molecule has 108 valence electrons. The number of methoxy groups -OCH3 is 3. The predicted molar refractivity (Wildman–Crippen MR) is 70.9 cm³/mol. The van der Waals surface area contributed by atoms with E-state index < -0.39 is 12.1 Å². The summed E-state index contributed by atoms with van der Waals surface area (Å²) in [5.41, 5.74) is 1.61. The third-order valence-electron chi connectivity index (χ3n) is 3.44. The third-order valence-corrected chi connectivity index (χ3v) is 3.44. The number of hydrogen-bond donors (Lipinski definition) is 0. The molecule has 0 saturated carbocycles. The first-order chi connectivity index (χ1) is 9.53. The quantitative estimate of drug-likeness (QED) is 0.827. The number of nitrogens with zero attached hydrogens (tertiary/aromatic N) is 1. The van der Waals surface area contributed by atoms with Crippen molar-refractivity contribution in [1.82, 2.24) is 4.90 Å². The number of benzene rings is 1. The number of hydrogen-bond acceptors (Lipinski definition) is 5. The molecule has 2 rings (SSSR count). The lowest BCUT2D eigenvalue weighted by Crippen LogP contribution is -2.43. The van der Waals surface area contributed by atoms with E-state index in [-0.39, 0.29) is 12.3 Å². The van der Waals surface area contributed by atoms with Gasteiger partial charge in [0.1, 0.15) is 11.5 Å². The molecular formula is C14H17NO5. The standard InChI is InChI=1S/C14H17NO5/c1-8-13-9(5-10(18-2)7-11(13)19-3)6-12(16)15(8)14(17)20-4/h5,7-8H,6H2,1-4H3/t8-/m1/s1. The number of imide groups is 1. The maximum Gasteiger partial charge on any atom is 0.416 e. The lowest BCUT2D eigenvalue weighted by atomic mass is 9.92. The lowest BCUT2D eigenvalue weighted by Gasteiger charge is -2.33. The van der Waals surface area contributed by atoms with Gasteiger partial charge in [-0.05, 0) is 18.6 Å². The number of ether oxygens (including phenoxy) is 3. The Morgan fingerprint density at radius 3 is 2.50 bits per heavy atom. The summed E-state index contributed by atoms with van der Waals surface area (Å²) in [7, 11) is 4.35. The highest BCUT2D eigenvalue weighted by Crippen LogP contribution is 2.39. The van der Waals surface area contributed by atoms with E-state index in [2.05, 4.69) is 4.74 Å². The Morgan fingerprint density at radius 1 is 1.25 bits per heavy atom. The summed E-state index contributed by atoms with van der Waals surface area (Å²) >= 11 is 0. The van der Waals surface area contributed by atoms with Gasteiger partial charge < -0.3 is 14.2 Å². The predicted octanol–water partition coefficient (Wildman–Crippen LogP) is 1.92. The van der Waals surface area contributed by atoms with Crippen LogP contribution in [0.25, 0.3) is 0 Å². The molecule has 1 atom stereocenters. The van der Waals surface area contributed by atoms with E-state index in [1.807, 2.05) is 0 Å². The first kappa shape index (κ1) is 14.2. The van der Waals surface area contributed by atoms with Gasteiger partial charge in [-0.25, -0.2) is 9.69 Å². The Morgan fingerprint density at radius 2 is 1.95 bits per heavy atom. The molecular weight excluding hydrogens is 262 g/mol. The van der Waals surface area contributed by atoms with E-state index in [4.69, 9.17) is 9.47 Å². The van der Waals surface area contributed by atoms with Gasteiger partial charge in [0.05, 0.1) is 33.8 Å². The maximum atomic E-state index is 12.1. The van der Waals surface area contributed by atoms with Gasteiger partial charge >= 0.3 is 6.09 Å². The second-order valence-corrected chi connectivity index (χ2v) is 4.49. The molecule has 0 aliphatic carbocycles. The molecule has 0 spiro atoms. The van der Waals surface area contributed by atoms with E-state index >= 15 is 0 Å². The van der Waals surface area contributed by atoms with Crippen molar-refractivity contribution in [3.63, 3.8) is 0 Å². The zero-order valence-corrected chi connectivity index (χ0v) is 11.9. The molecule has 0 aromatic heterocycles. The van der Waals surface area contributed by atoms with Crippen molar-refractivity contribution >= 4 is 12.0 Å². The molecule has 1 aliphatic rings. The van der Waals surface area contributed by atoms with Crippen LogP contribution in [-0.4, -0.2) is 38.2 Å². The number of carbonyl (C=O) groups is 2. The normalized spacial score (nSPS) is 17.5. The molecule has 20 heavy (non-hydrogen) atoms. The van der Waals surface area contributed by atoms with Crippen LogP contribution in [-0.2, 0) is 16.0 Å². The zero-order valence-electron chi connectivity index (χ0n) is 11.9. The fraction of sp³-hybridized carbons (Fsp3) is 0.429. The minimum atomic E-state index is -0.661. The number of rotatable bonds is 2. The minimum Gasteiger partial charge on any atom is -0.497 e. The van der Waals surface area contributed by atoms with Gasteiger partial charge in [-0.3, -0.25) is 4.79 Å². The maximum absolute atomic E-state index is 12.1. The van der Waals surface area contributed by atoms with E-state index in [1.165, 1.54) is 7.11 Å². The van der Waals surface area contributed by atoms with Crippen LogP contribution in [0.4, 0.5) is 4.79 Å². The summed E-state index contributed by atoms with van der Waals surface area (Å²) < 4.78 is 15.2. The Bertz CT molecular complexity index is 555. The highest BCUT2D eigenvalue weighted by atomic mass is 16.5. The van der Waals surface area contributed by atoms with Gasteiger partial charge in [0, 0.05) is 11.6 Å². The van der Waals surface area contributed by atoms with Crippen LogP contribution in [0.3, 0.4) is 0 Å². The van der Waals surface area contributed by atoms with E-state index in [0.717, 1.165) is 16.0 Å². The Labute approximate surface area is 117 Å². The second kappa shape index (κ2) is 5.40. The molecule has 0 N–H and O–H groups in total. The molecule has 1 aliphatic heterocycles. The smallest absolute Gasteiger partial charge is 0.416 e. The fourth-order valence-electron chi connectivity index (χ4n) is 2.51. The van der Waals surface area contributed by atoms with Gasteiger partial charge in [-0.15, -0.1) is 0 Å². The van der Waals surface area contributed by atoms with Crippen molar-refractivity contribution in [2.75, 3.05) is 21.3 Å². The molecule has 0 unspecified atom stereocenters. The van der Waals surface area contributed by atoms with E-state index in [0.29, 0.717) is 11.5 Å². The highest BCUT2D eigenvalue weighted by molar-refractivity contribution is 5.95. The fourth-order valence-corrected chi connectivity index (χ4v) is 2.51. The molecule has 1 aromatic carbocycles. The monoisotopic (exact) mass is 279 g/mol. The van der Waals surface area contributed by atoms with Crippen LogP contribution in [0, 0.1) is 0 Å². The first-order valence-electron chi connectivity index (χ1n) is 6.18. The van der Waals surface area contributed by atoms with Crippen molar-refractivity contribution in [2.24, 2.45) is 0 Å². The van der Waals surface area contributed by atoms with Crippen molar-refractivity contribution in [3.05, 3.63) is 23.3 Å². The van der Waals surface area contributed by atoms with Crippen LogP contribution in [0.1, 0.15) is 24.1 Å². The molecule has 1 heterocycles. The summed E-state index contributed by atoms with van der Waals surface area (Å²) in [4.78, 5) is 25.0. The van der Waals surface area contributed by atoms with Crippen molar-refractivity contribution < 1.29 is 23.8 Å². The van der Waals surface area contributed by atoms with Crippen LogP contribution >= 0.6 is 0 Å². The van der Waals surface area contributed by atoms with Gasteiger partial charge in [0.25, 0.3) is 0 Å². The molecule has 1 aromatic rings. The molecule has 0 radical (unpaired) electrons. The Hall–Kier alpha value is -2.24. The average molecular weight is 279 g/mol. The highest BCUT2D eigenvalue weighted by Gasteiger charge is 2.37. The summed E-state index contributed by atoms with van der Waals surface area (Å²) in [5, 5.41) is 0. The zero-order chi connectivity index (χ0) is 14.9. The molecule has 0 fully saturated rings. The number of amides is 2. The van der Waals surface area contributed by atoms with Crippen molar-refractivity contribution in [1.29, 1.82) is 0 Å².